The van der Waals surface area contributed by atoms with Crippen LogP contribution in [0.3, 0.4) is 0 Å². The van der Waals surface area contributed by atoms with Crippen LogP contribution in [0.5, 0.6) is 0 Å². The van der Waals surface area contributed by atoms with E-state index in [-0.39, 0.29) is 4.21 Å². The summed E-state index contributed by atoms with van der Waals surface area (Å²) < 4.78 is 25.6. The lowest BCUT2D eigenvalue weighted by atomic mass is 10.1. The molecule has 4 nitrogen and oxygen atoms in total. The SMILES string of the molecule is Cc1ccc(S(=O)(=O)N(C)C(C)(C)C#N)s1. The van der Waals surface area contributed by atoms with Gasteiger partial charge in [0, 0.05) is 11.9 Å². The first-order valence-electron chi connectivity index (χ1n) is 4.68. The summed E-state index contributed by atoms with van der Waals surface area (Å²) in [5.41, 5.74) is -1.04. The lowest BCUT2D eigenvalue weighted by Gasteiger charge is -2.27. The molecule has 88 valence electrons. The molecule has 0 atom stereocenters. The molecule has 0 aliphatic heterocycles. The average Bonchev–Trinajstić information content (AvgIpc) is 2.64. The molecule has 1 aromatic rings. The van der Waals surface area contributed by atoms with Crippen LogP contribution in [0.4, 0.5) is 0 Å². The summed E-state index contributed by atoms with van der Waals surface area (Å²) in [6.07, 6.45) is 0. The molecule has 0 aliphatic rings. The molecule has 0 aromatic carbocycles. The fourth-order valence-corrected chi connectivity index (χ4v) is 3.95. The van der Waals surface area contributed by atoms with E-state index in [1.165, 1.54) is 18.4 Å². The Balaban J connectivity index is 3.19. The van der Waals surface area contributed by atoms with Gasteiger partial charge in [0.15, 0.2) is 0 Å². The largest absolute Gasteiger partial charge is 0.253 e. The van der Waals surface area contributed by atoms with Crippen LogP contribution in [0.15, 0.2) is 16.3 Å². The highest BCUT2D eigenvalue weighted by Gasteiger charge is 2.34. The lowest BCUT2D eigenvalue weighted by Crippen LogP contribution is -2.43. The standard InChI is InChI=1S/C10H14N2O2S2/c1-8-5-6-9(15-8)16(13,14)12(4)10(2,3)7-11/h5-6H,1-4H3. The van der Waals surface area contributed by atoms with E-state index in [4.69, 9.17) is 5.26 Å². The maximum atomic E-state index is 12.1. The molecule has 6 heteroatoms. The van der Waals surface area contributed by atoms with Crippen LogP contribution in [0, 0.1) is 18.3 Å². The number of sulfonamides is 1. The van der Waals surface area contributed by atoms with Crippen LogP contribution in [-0.2, 0) is 10.0 Å². The highest BCUT2D eigenvalue weighted by Crippen LogP contribution is 2.27. The molecule has 1 aromatic heterocycles. The van der Waals surface area contributed by atoms with E-state index >= 15 is 0 Å². The van der Waals surface area contributed by atoms with Crippen molar-refractivity contribution < 1.29 is 8.42 Å². The minimum atomic E-state index is -3.56. The normalized spacial score (nSPS) is 12.8. The summed E-state index contributed by atoms with van der Waals surface area (Å²) in [4.78, 5) is 0.932. The molecular formula is C10H14N2O2S2. The minimum Gasteiger partial charge on any atom is -0.206 e. The number of nitrogens with zero attached hydrogens (tertiary/aromatic N) is 2. The van der Waals surface area contributed by atoms with E-state index in [1.54, 1.807) is 26.0 Å². The summed E-state index contributed by atoms with van der Waals surface area (Å²) in [5, 5.41) is 8.93. The summed E-state index contributed by atoms with van der Waals surface area (Å²) in [6, 6.07) is 5.30. The number of aryl methyl sites for hydroxylation is 1. The predicted octanol–water partition coefficient (Wildman–Crippen LogP) is 1.98. The summed E-state index contributed by atoms with van der Waals surface area (Å²) in [6.45, 7) is 5.00. The van der Waals surface area contributed by atoms with E-state index in [2.05, 4.69) is 0 Å². The number of rotatable bonds is 3. The van der Waals surface area contributed by atoms with Crippen molar-refractivity contribution in [1.82, 2.24) is 4.31 Å². The van der Waals surface area contributed by atoms with Crippen LogP contribution in [-0.4, -0.2) is 25.3 Å². The Morgan fingerprint density at radius 2 is 2.00 bits per heavy atom. The first-order valence-corrected chi connectivity index (χ1v) is 6.94. The van der Waals surface area contributed by atoms with Gasteiger partial charge in [0.1, 0.15) is 9.75 Å². The van der Waals surface area contributed by atoms with Gasteiger partial charge in [-0.05, 0) is 32.9 Å². The van der Waals surface area contributed by atoms with Crippen molar-refractivity contribution in [3.05, 3.63) is 17.0 Å². The Morgan fingerprint density at radius 1 is 1.44 bits per heavy atom. The van der Waals surface area contributed by atoms with Crippen LogP contribution >= 0.6 is 11.3 Å². The van der Waals surface area contributed by atoms with Crippen LogP contribution < -0.4 is 0 Å². The number of hydrogen-bond acceptors (Lipinski definition) is 4. The third kappa shape index (κ3) is 2.26. The zero-order chi connectivity index (χ0) is 12.6. The molecule has 0 radical (unpaired) electrons. The Morgan fingerprint density at radius 3 is 2.38 bits per heavy atom. The molecule has 16 heavy (non-hydrogen) atoms. The molecule has 1 heterocycles. The number of thiophene rings is 1. The Kier molecular flexibility index (Phi) is 3.43. The van der Waals surface area contributed by atoms with Crippen molar-refractivity contribution in [1.29, 1.82) is 5.26 Å². The van der Waals surface area contributed by atoms with Gasteiger partial charge >= 0.3 is 0 Å². The molecule has 1 rings (SSSR count). The zero-order valence-corrected chi connectivity index (χ0v) is 11.3. The fraction of sp³-hybridized carbons (Fsp3) is 0.500. The predicted molar refractivity (Wildman–Crippen MR) is 63.7 cm³/mol. The van der Waals surface area contributed by atoms with Gasteiger partial charge in [0.2, 0.25) is 0 Å². The van der Waals surface area contributed by atoms with Gasteiger partial charge in [-0.2, -0.15) is 9.57 Å². The Bertz CT molecular complexity index is 523. The van der Waals surface area contributed by atoms with Crippen molar-refractivity contribution in [2.24, 2.45) is 0 Å². The van der Waals surface area contributed by atoms with Gasteiger partial charge < -0.3 is 0 Å². The van der Waals surface area contributed by atoms with Crippen molar-refractivity contribution in [2.75, 3.05) is 7.05 Å². The molecule has 0 unspecified atom stereocenters. The first-order chi connectivity index (χ1) is 7.21. The van der Waals surface area contributed by atoms with Crippen LogP contribution in [0.1, 0.15) is 18.7 Å². The van der Waals surface area contributed by atoms with Gasteiger partial charge in [-0.25, -0.2) is 8.42 Å². The van der Waals surface area contributed by atoms with Gasteiger partial charge in [0.25, 0.3) is 10.0 Å². The van der Waals surface area contributed by atoms with Crippen LogP contribution in [0.2, 0.25) is 0 Å². The lowest BCUT2D eigenvalue weighted by molar-refractivity contribution is 0.338. The molecule has 0 aliphatic carbocycles. The van der Waals surface area contributed by atoms with Crippen molar-refractivity contribution in [2.45, 2.75) is 30.5 Å². The second-order valence-corrected chi connectivity index (χ2v) is 7.49. The quantitative estimate of drug-likeness (QED) is 0.833. The Labute approximate surface area is 100 Å². The Hall–Kier alpha value is -0.900. The molecular weight excluding hydrogens is 244 g/mol. The molecule has 0 spiro atoms. The van der Waals surface area contributed by atoms with Crippen LogP contribution in [0.25, 0.3) is 0 Å². The highest BCUT2D eigenvalue weighted by molar-refractivity contribution is 7.91. The smallest absolute Gasteiger partial charge is 0.206 e. The van der Waals surface area contributed by atoms with E-state index in [0.717, 1.165) is 9.18 Å². The summed E-state index contributed by atoms with van der Waals surface area (Å²) >= 11 is 1.21. The van der Waals surface area contributed by atoms with Gasteiger partial charge in [0.05, 0.1) is 6.07 Å². The molecule has 0 N–H and O–H groups in total. The van der Waals surface area contributed by atoms with Crippen molar-refractivity contribution in [3.8, 4) is 6.07 Å². The highest BCUT2D eigenvalue weighted by atomic mass is 32.2. The maximum absolute atomic E-state index is 12.1. The molecule has 0 fully saturated rings. The maximum Gasteiger partial charge on any atom is 0.253 e. The molecule has 0 saturated heterocycles. The monoisotopic (exact) mass is 258 g/mol. The van der Waals surface area contributed by atoms with Gasteiger partial charge in [-0.3, -0.25) is 0 Å². The average molecular weight is 258 g/mol. The second-order valence-electron chi connectivity index (χ2n) is 4.01. The zero-order valence-electron chi connectivity index (χ0n) is 9.68. The fourth-order valence-electron chi connectivity index (χ4n) is 1.06. The topological polar surface area (TPSA) is 61.2 Å². The van der Waals surface area contributed by atoms with E-state index in [0.29, 0.717) is 0 Å². The molecule has 0 amide bonds. The van der Waals surface area contributed by atoms with Crippen molar-refractivity contribution in [3.63, 3.8) is 0 Å². The van der Waals surface area contributed by atoms with E-state index < -0.39 is 15.6 Å². The number of hydrogen-bond donors (Lipinski definition) is 0. The summed E-state index contributed by atoms with van der Waals surface area (Å²) in [7, 11) is -2.13. The third-order valence-corrected chi connectivity index (χ3v) is 5.89. The third-order valence-electron chi connectivity index (χ3n) is 2.39. The van der Waals surface area contributed by atoms with E-state index in [9.17, 15) is 8.42 Å². The molecule has 0 bridgehead atoms. The van der Waals surface area contributed by atoms with Gasteiger partial charge in [-0.1, -0.05) is 0 Å². The first kappa shape index (κ1) is 13.2. The van der Waals surface area contributed by atoms with Gasteiger partial charge in [-0.15, -0.1) is 11.3 Å². The number of nitriles is 1. The summed E-state index contributed by atoms with van der Waals surface area (Å²) in [5.74, 6) is 0. The van der Waals surface area contributed by atoms with E-state index in [1.807, 2.05) is 13.0 Å². The molecule has 0 saturated carbocycles. The minimum absolute atomic E-state index is 0.274. The second kappa shape index (κ2) is 4.17. The van der Waals surface area contributed by atoms with Crippen molar-refractivity contribution >= 4 is 21.4 Å².